The summed E-state index contributed by atoms with van der Waals surface area (Å²) in [7, 11) is 0. The van der Waals surface area contributed by atoms with E-state index >= 15 is 0 Å². The third-order valence-electron chi connectivity index (χ3n) is 4.28. The Morgan fingerprint density at radius 1 is 1.14 bits per heavy atom. The number of rotatable bonds is 5. The highest BCUT2D eigenvalue weighted by atomic mass is 16.3. The van der Waals surface area contributed by atoms with Gasteiger partial charge in [0.25, 0.3) is 0 Å². The van der Waals surface area contributed by atoms with Gasteiger partial charge in [0.05, 0.1) is 12.8 Å². The summed E-state index contributed by atoms with van der Waals surface area (Å²) in [6.07, 6.45) is 4.38. The number of anilines is 1. The highest BCUT2D eigenvalue weighted by Crippen LogP contribution is 2.19. The van der Waals surface area contributed by atoms with Gasteiger partial charge in [-0.2, -0.15) is 0 Å². The first-order valence-electron chi connectivity index (χ1n) is 7.87. The summed E-state index contributed by atoms with van der Waals surface area (Å²) >= 11 is 0. The van der Waals surface area contributed by atoms with Gasteiger partial charge in [0.15, 0.2) is 0 Å². The van der Waals surface area contributed by atoms with Crippen LogP contribution < -0.4 is 5.32 Å². The molecule has 2 aromatic rings. The normalized spacial score (nSPS) is 17.0. The molecule has 3 heteroatoms. The molecule has 0 amide bonds. The lowest BCUT2D eigenvalue weighted by atomic mass is 9.99. The van der Waals surface area contributed by atoms with E-state index in [1.807, 2.05) is 12.1 Å². The highest BCUT2D eigenvalue weighted by molar-refractivity contribution is 5.44. The summed E-state index contributed by atoms with van der Waals surface area (Å²) in [5, 5.41) is 3.38. The smallest absolute Gasteiger partial charge is 0.122 e. The largest absolute Gasteiger partial charge is 0.467 e. The van der Waals surface area contributed by atoms with Gasteiger partial charge in [-0.25, -0.2) is 0 Å². The van der Waals surface area contributed by atoms with Crippen molar-refractivity contribution in [1.29, 1.82) is 0 Å². The minimum Gasteiger partial charge on any atom is -0.467 e. The first-order chi connectivity index (χ1) is 10.3. The quantitative estimate of drug-likeness (QED) is 0.895. The van der Waals surface area contributed by atoms with Gasteiger partial charge in [-0.3, -0.25) is 4.90 Å². The molecule has 0 spiro atoms. The van der Waals surface area contributed by atoms with Crippen molar-refractivity contribution in [3.63, 3.8) is 0 Å². The third-order valence-corrected chi connectivity index (χ3v) is 4.28. The van der Waals surface area contributed by atoms with Crippen molar-refractivity contribution >= 4 is 5.69 Å². The number of furan rings is 1. The molecule has 1 aliphatic heterocycles. The fourth-order valence-electron chi connectivity index (χ4n) is 2.81. The molecule has 1 aromatic heterocycles. The van der Waals surface area contributed by atoms with Crippen molar-refractivity contribution in [2.75, 3.05) is 18.4 Å². The maximum Gasteiger partial charge on any atom is 0.122 e. The van der Waals surface area contributed by atoms with Crippen LogP contribution in [0.5, 0.6) is 0 Å². The third kappa shape index (κ3) is 4.11. The second-order valence-corrected chi connectivity index (χ2v) is 6.09. The standard InChI is InChI=1S/C18H24N2O/c1-15-8-10-20(11-9-15)14-16-4-6-17(7-5-16)19-13-18-3-2-12-21-18/h2-7,12,15,19H,8-11,13-14H2,1H3. The predicted octanol–water partition coefficient (Wildman–Crippen LogP) is 4.12. The summed E-state index contributed by atoms with van der Waals surface area (Å²) in [5.74, 6) is 1.86. The first kappa shape index (κ1) is 14.2. The van der Waals surface area contributed by atoms with Crippen LogP contribution in [0.15, 0.2) is 47.1 Å². The maximum atomic E-state index is 5.32. The Labute approximate surface area is 127 Å². The van der Waals surface area contributed by atoms with E-state index in [0.29, 0.717) is 0 Å². The van der Waals surface area contributed by atoms with Gasteiger partial charge in [0.1, 0.15) is 5.76 Å². The maximum absolute atomic E-state index is 5.32. The number of nitrogens with zero attached hydrogens (tertiary/aromatic N) is 1. The second-order valence-electron chi connectivity index (χ2n) is 6.09. The SMILES string of the molecule is CC1CCN(Cc2ccc(NCc3ccco3)cc2)CC1. The Balaban J connectivity index is 1.49. The Hall–Kier alpha value is -1.74. The number of hydrogen-bond donors (Lipinski definition) is 1. The summed E-state index contributed by atoms with van der Waals surface area (Å²) in [5.41, 5.74) is 2.54. The lowest BCUT2D eigenvalue weighted by Crippen LogP contribution is -2.32. The Morgan fingerprint density at radius 2 is 1.90 bits per heavy atom. The van der Waals surface area contributed by atoms with Crippen LogP contribution in [0.1, 0.15) is 31.1 Å². The summed E-state index contributed by atoms with van der Waals surface area (Å²) in [6.45, 7) is 6.64. The van der Waals surface area contributed by atoms with Crippen LogP contribution >= 0.6 is 0 Å². The Morgan fingerprint density at radius 3 is 2.57 bits per heavy atom. The van der Waals surface area contributed by atoms with Crippen LogP contribution in [0.25, 0.3) is 0 Å². The average Bonchev–Trinajstić information content (AvgIpc) is 3.02. The molecule has 1 N–H and O–H groups in total. The molecule has 1 fully saturated rings. The van der Waals surface area contributed by atoms with Gasteiger partial charge in [-0.1, -0.05) is 19.1 Å². The van der Waals surface area contributed by atoms with Crippen LogP contribution in [0, 0.1) is 5.92 Å². The lowest BCUT2D eigenvalue weighted by molar-refractivity contribution is 0.185. The molecule has 1 aliphatic rings. The molecule has 0 aliphatic carbocycles. The van der Waals surface area contributed by atoms with Crippen LogP contribution in [0.4, 0.5) is 5.69 Å². The highest BCUT2D eigenvalue weighted by Gasteiger charge is 2.15. The fraction of sp³-hybridized carbons (Fsp3) is 0.444. The van der Waals surface area contributed by atoms with Gasteiger partial charge >= 0.3 is 0 Å². The molecule has 1 aromatic carbocycles. The molecule has 2 heterocycles. The van der Waals surface area contributed by atoms with E-state index in [9.17, 15) is 0 Å². The molecule has 0 atom stereocenters. The number of likely N-dealkylation sites (tertiary alicyclic amines) is 1. The van der Waals surface area contributed by atoms with E-state index in [0.717, 1.165) is 30.5 Å². The average molecular weight is 284 g/mol. The topological polar surface area (TPSA) is 28.4 Å². The molecule has 21 heavy (non-hydrogen) atoms. The number of nitrogens with one attached hydrogen (secondary N) is 1. The van der Waals surface area contributed by atoms with Crippen molar-refractivity contribution in [2.24, 2.45) is 5.92 Å². The number of hydrogen-bond acceptors (Lipinski definition) is 3. The minimum absolute atomic E-state index is 0.733. The van der Waals surface area contributed by atoms with E-state index in [2.05, 4.69) is 41.4 Å². The summed E-state index contributed by atoms with van der Waals surface area (Å²) in [6, 6.07) is 12.7. The van der Waals surface area contributed by atoms with Crippen molar-refractivity contribution in [3.05, 3.63) is 54.0 Å². The van der Waals surface area contributed by atoms with Crippen LogP contribution in [-0.4, -0.2) is 18.0 Å². The van der Waals surface area contributed by atoms with Crippen LogP contribution in [0.3, 0.4) is 0 Å². The monoisotopic (exact) mass is 284 g/mol. The second kappa shape index (κ2) is 6.81. The van der Waals surface area contributed by atoms with E-state index in [4.69, 9.17) is 4.42 Å². The molecule has 0 unspecified atom stereocenters. The molecular formula is C18H24N2O. The molecular weight excluding hydrogens is 260 g/mol. The molecule has 0 saturated carbocycles. The molecule has 3 rings (SSSR count). The van der Waals surface area contributed by atoms with Gasteiger partial charge < -0.3 is 9.73 Å². The van der Waals surface area contributed by atoms with Crippen LogP contribution in [-0.2, 0) is 13.1 Å². The van der Waals surface area contributed by atoms with Crippen molar-refractivity contribution in [1.82, 2.24) is 4.90 Å². The van der Waals surface area contributed by atoms with E-state index in [1.165, 1.54) is 31.5 Å². The molecule has 112 valence electrons. The van der Waals surface area contributed by atoms with E-state index in [1.54, 1.807) is 6.26 Å². The molecule has 1 saturated heterocycles. The van der Waals surface area contributed by atoms with Crippen molar-refractivity contribution < 1.29 is 4.42 Å². The number of benzene rings is 1. The van der Waals surface area contributed by atoms with Gasteiger partial charge in [-0.05, 0) is 61.7 Å². The molecule has 0 bridgehead atoms. The van der Waals surface area contributed by atoms with Gasteiger partial charge in [0.2, 0.25) is 0 Å². The molecule has 3 nitrogen and oxygen atoms in total. The van der Waals surface area contributed by atoms with E-state index in [-0.39, 0.29) is 0 Å². The zero-order chi connectivity index (χ0) is 14.5. The Kier molecular flexibility index (Phi) is 4.61. The van der Waals surface area contributed by atoms with Gasteiger partial charge in [0, 0.05) is 12.2 Å². The summed E-state index contributed by atoms with van der Waals surface area (Å²) in [4.78, 5) is 2.56. The van der Waals surface area contributed by atoms with E-state index < -0.39 is 0 Å². The van der Waals surface area contributed by atoms with Gasteiger partial charge in [-0.15, -0.1) is 0 Å². The van der Waals surface area contributed by atoms with Crippen molar-refractivity contribution in [3.8, 4) is 0 Å². The predicted molar refractivity (Wildman–Crippen MR) is 86.2 cm³/mol. The minimum atomic E-state index is 0.733. The first-order valence-corrected chi connectivity index (χ1v) is 7.87. The zero-order valence-corrected chi connectivity index (χ0v) is 12.7. The zero-order valence-electron chi connectivity index (χ0n) is 12.7. The van der Waals surface area contributed by atoms with Crippen molar-refractivity contribution in [2.45, 2.75) is 32.9 Å². The Bertz CT molecular complexity index is 525. The lowest BCUT2D eigenvalue weighted by Gasteiger charge is -2.30. The van der Waals surface area contributed by atoms with Crippen LogP contribution in [0.2, 0.25) is 0 Å². The fourth-order valence-corrected chi connectivity index (χ4v) is 2.81. The molecule has 0 radical (unpaired) electrons. The summed E-state index contributed by atoms with van der Waals surface area (Å²) < 4.78 is 5.32. The number of piperidine rings is 1.